The summed E-state index contributed by atoms with van der Waals surface area (Å²) in [7, 11) is 0. The van der Waals surface area contributed by atoms with Crippen molar-refractivity contribution < 1.29 is 18.0 Å². The second-order valence-corrected chi connectivity index (χ2v) is 7.32. The van der Waals surface area contributed by atoms with Crippen molar-refractivity contribution in [1.82, 2.24) is 15.2 Å². The molecule has 1 heterocycles. The third kappa shape index (κ3) is 5.75. The van der Waals surface area contributed by atoms with E-state index in [-0.39, 0.29) is 12.5 Å². The molecule has 3 rings (SSSR count). The summed E-state index contributed by atoms with van der Waals surface area (Å²) in [6.45, 7) is 6.06. The highest BCUT2D eigenvalue weighted by molar-refractivity contribution is 5.94. The molecule has 7 heteroatoms. The van der Waals surface area contributed by atoms with Crippen molar-refractivity contribution in [2.75, 3.05) is 13.1 Å². The fraction of sp³-hybridized carbons (Fsp3) is 0.333. The Hall–Kier alpha value is -3.09. The Balaban J connectivity index is 1.72. The summed E-state index contributed by atoms with van der Waals surface area (Å²) in [5.74, 6) is -0.350. The number of amides is 1. The number of carbonyl (C=O) groups excluding carboxylic acids is 1. The van der Waals surface area contributed by atoms with Gasteiger partial charge < -0.3 is 10.2 Å². The summed E-state index contributed by atoms with van der Waals surface area (Å²) < 4.78 is 38.6. The molecule has 1 aliphatic rings. The lowest BCUT2D eigenvalue weighted by atomic mass is 9.98. The smallest absolute Gasteiger partial charge is 0.372 e. The van der Waals surface area contributed by atoms with Gasteiger partial charge >= 0.3 is 6.18 Å². The molecule has 0 fully saturated rings. The Kier molecular flexibility index (Phi) is 7.15. The fourth-order valence-corrected chi connectivity index (χ4v) is 3.59. The largest absolute Gasteiger partial charge is 0.416 e. The SMILES string of the molecule is CCN(CC)C1=CCCC(c2cc(C(=O)NCc3cccc(C(F)(F)F)c3)ccn2)=C1. The molecule has 0 radical (unpaired) electrons. The first kappa shape index (κ1) is 22.6. The lowest BCUT2D eigenvalue weighted by Crippen LogP contribution is -2.23. The molecule has 164 valence electrons. The van der Waals surface area contributed by atoms with Gasteiger partial charge in [-0.2, -0.15) is 13.2 Å². The highest BCUT2D eigenvalue weighted by atomic mass is 19.4. The number of nitrogens with one attached hydrogen (secondary N) is 1. The highest BCUT2D eigenvalue weighted by Gasteiger charge is 2.30. The van der Waals surface area contributed by atoms with Gasteiger partial charge in [-0.05, 0) is 68.2 Å². The average molecular weight is 429 g/mol. The van der Waals surface area contributed by atoms with Crippen LogP contribution in [0.3, 0.4) is 0 Å². The third-order valence-corrected chi connectivity index (χ3v) is 5.28. The molecule has 1 aromatic heterocycles. The molecule has 1 aliphatic carbocycles. The summed E-state index contributed by atoms with van der Waals surface area (Å²) in [5, 5.41) is 2.70. The summed E-state index contributed by atoms with van der Waals surface area (Å²) in [6.07, 6.45) is 3.25. The Morgan fingerprint density at radius 1 is 1.16 bits per heavy atom. The average Bonchev–Trinajstić information content (AvgIpc) is 2.78. The zero-order valence-corrected chi connectivity index (χ0v) is 17.7. The lowest BCUT2D eigenvalue weighted by molar-refractivity contribution is -0.137. The van der Waals surface area contributed by atoms with E-state index in [1.54, 1.807) is 24.4 Å². The van der Waals surface area contributed by atoms with Gasteiger partial charge in [-0.1, -0.05) is 18.2 Å². The molecule has 1 amide bonds. The van der Waals surface area contributed by atoms with Crippen molar-refractivity contribution in [2.45, 2.75) is 39.4 Å². The molecule has 31 heavy (non-hydrogen) atoms. The minimum absolute atomic E-state index is 0.0119. The zero-order valence-electron chi connectivity index (χ0n) is 17.7. The Labute approximate surface area is 180 Å². The van der Waals surface area contributed by atoms with E-state index in [0.717, 1.165) is 55.0 Å². The Bertz CT molecular complexity index is 992. The molecule has 2 aromatic rings. The highest BCUT2D eigenvalue weighted by Crippen LogP contribution is 2.30. The van der Waals surface area contributed by atoms with E-state index in [1.165, 1.54) is 6.07 Å². The Morgan fingerprint density at radius 3 is 2.65 bits per heavy atom. The van der Waals surface area contributed by atoms with Crippen LogP contribution in [0, 0.1) is 0 Å². The summed E-state index contributed by atoms with van der Waals surface area (Å²) in [6, 6.07) is 8.30. The minimum Gasteiger partial charge on any atom is -0.372 e. The van der Waals surface area contributed by atoms with Gasteiger partial charge in [0.2, 0.25) is 0 Å². The van der Waals surface area contributed by atoms with Crippen molar-refractivity contribution in [3.63, 3.8) is 0 Å². The monoisotopic (exact) mass is 429 g/mol. The number of halogens is 3. The predicted octanol–water partition coefficient (Wildman–Crippen LogP) is 5.43. The maximum atomic E-state index is 12.9. The Morgan fingerprint density at radius 2 is 1.94 bits per heavy atom. The van der Waals surface area contributed by atoms with Crippen LogP contribution in [-0.2, 0) is 12.7 Å². The van der Waals surface area contributed by atoms with Gasteiger partial charge in [-0.3, -0.25) is 9.78 Å². The number of aromatic nitrogens is 1. The number of carbonyl (C=O) groups is 1. The van der Waals surface area contributed by atoms with E-state index in [0.29, 0.717) is 11.1 Å². The number of rotatable bonds is 7. The standard InChI is InChI=1S/C24H26F3N3O/c1-3-30(4-2)21-10-6-8-18(14-21)22-15-19(11-12-28-22)23(31)29-16-17-7-5-9-20(13-17)24(25,26)27/h5,7,9-15H,3-4,6,8,16H2,1-2H3,(H,29,31). The van der Waals surface area contributed by atoms with Crippen LogP contribution >= 0.6 is 0 Å². The second kappa shape index (κ2) is 9.81. The molecule has 0 saturated carbocycles. The van der Waals surface area contributed by atoms with Crippen molar-refractivity contribution in [3.8, 4) is 0 Å². The number of likely N-dealkylation sites (N-methyl/N-ethyl adjacent to an activating group) is 1. The van der Waals surface area contributed by atoms with Crippen LogP contribution in [0.15, 0.2) is 60.4 Å². The zero-order chi connectivity index (χ0) is 22.4. The van der Waals surface area contributed by atoms with Gasteiger partial charge in [0.05, 0.1) is 11.3 Å². The number of pyridine rings is 1. The predicted molar refractivity (Wildman–Crippen MR) is 115 cm³/mol. The number of nitrogens with zero attached hydrogens (tertiary/aromatic N) is 2. The maximum absolute atomic E-state index is 12.9. The first-order chi connectivity index (χ1) is 14.8. The molecule has 0 saturated heterocycles. The minimum atomic E-state index is -4.41. The molecule has 0 aliphatic heterocycles. The number of benzene rings is 1. The first-order valence-electron chi connectivity index (χ1n) is 10.4. The van der Waals surface area contributed by atoms with Gasteiger partial charge in [-0.25, -0.2) is 0 Å². The van der Waals surface area contributed by atoms with Gasteiger partial charge in [0.15, 0.2) is 0 Å². The van der Waals surface area contributed by atoms with Crippen LogP contribution in [0.4, 0.5) is 13.2 Å². The van der Waals surface area contributed by atoms with Gasteiger partial charge in [0.1, 0.15) is 0 Å². The van der Waals surface area contributed by atoms with Crippen LogP contribution in [0.25, 0.3) is 5.57 Å². The molecule has 0 unspecified atom stereocenters. The van der Waals surface area contributed by atoms with E-state index in [9.17, 15) is 18.0 Å². The van der Waals surface area contributed by atoms with Crippen molar-refractivity contribution in [3.05, 3.63) is 82.8 Å². The van der Waals surface area contributed by atoms with Crippen LogP contribution < -0.4 is 5.32 Å². The lowest BCUT2D eigenvalue weighted by Gasteiger charge is -2.25. The van der Waals surface area contributed by atoms with Gasteiger partial charge in [-0.15, -0.1) is 0 Å². The fourth-order valence-electron chi connectivity index (χ4n) is 3.59. The summed E-state index contributed by atoms with van der Waals surface area (Å²) in [4.78, 5) is 19.3. The first-order valence-corrected chi connectivity index (χ1v) is 10.4. The van der Waals surface area contributed by atoms with Gasteiger partial charge in [0, 0.05) is 37.1 Å². The number of allylic oxidation sites excluding steroid dienone is 3. The molecule has 0 atom stereocenters. The van der Waals surface area contributed by atoms with E-state index < -0.39 is 11.7 Å². The molecular formula is C24H26F3N3O. The van der Waals surface area contributed by atoms with Crippen molar-refractivity contribution >= 4 is 11.5 Å². The normalized spacial score (nSPS) is 14.0. The number of alkyl halides is 3. The van der Waals surface area contributed by atoms with Gasteiger partial charge in [0.25, 0.3) is 5.91 Å². The molecule has 4 nitrogen and oxygen atoms in total. The van der Waals surface area contributed by atoms with Crippen molar-refractivity contribution in [2.24, 2.45) is 0 Å². The maximum Gasteiger partial charge on any atom is 0.416 e. The van der Waals surface area contributed by atoms with E-state index in [4.69, 9.17) is 0 Å². The number of hydrogen-bond acceptors (Lipinski definition) is 3. The molecule has 1 N–H and O–H groups in total. The molecule has 0 spiro atoms. The van der Waals surface area contributed by atoms with Crippen molar-refractivity contribution in [1.29, 1.82) is 0 Å². The van der Waals surface area contributed by atoms with Crippen LogP contribution in [-0.4, -0.2) is 28.9 Å². The molecular weight excluding hydrogens is 403 g/mol. The van der Waals surface area contributed by atoms with E-state index >= 15 is 0 Å². The topological polar surface area (TPSA) is 45.2 Å². The quantitative estimate of drug-likeness (QED) is 0.638. The van der Waals surface area contributed by atoms with E-state index in [2.05, 4.69) is 41.2 Å². The summed E-state index contributed by atoms with van der Waals surface area (Å²) in [5.41, 5.74) is 3.05. The second-order valence-electron chi connectivity index (χ2n) is 7.32. The van der Waals surface area contributed by atoms with Crippen LogP contribution in [0.2, 0.25) is 0 Å². The molecule has 1 aromatic carbocycles. The summed E-state index contributed by atoms with van der Waals surface area (Å²) >= 11 is 0. The van der Waals surface area contributed by atoms with E-state index in [1.807, 2.05) is 0 Å². The third-order valence-electron chi connectivity index (χ3n) is 5.28. The molecule has 0 bridgehead atoms. The number of hydrogen-bond donors (Lipinski definition) is 1. The van der Waals surface area contributed by atoms with Crippen LogP contribution in [0.1, 0.15) is 53.9 Å². The van der Waals surface area contributed by atoms with Crippen LogP contribution in [0.5, 0.6) is 0 Å².